The summed E-state index contributed by atoms with van der Waals surface area (Å²) in [5, 5.41) is 1.95. The van der Waals surface area contributed by atoms with Crippen molar-refractivity contribution in [3.8, 4) is 0 Å². The Morgan fingerprint density at radius 1 is 0.700 bits per heavy atom. The average molecular weight is 260 g/mol. The van der Waals surface area contributed by atoms with E-state index < -0.39 is 0 Å². The predicted molar refractivity (Wildman–Crippen MR) is 82.5 cm³/mol. The molecule has 0 aromatic heterocycles. The van der Waals surface area contributed by atoms with Gasteiger partial charge in [-0.1, -0.05) is 72.8 Å². The van der Waals surface area contributed by atoms with Crippen molar-refractivity contribution >= 4 is 12.2 Å². The van der Waals surface area contributed by atoms with E-state index in [-0.39, 0.29) is 12.1 Å². The highest BCUT2D eigenvalue weighted by atomic mass is 15.4. The van der Waals surface area contributed by atoms with Crippen LogP contribution in [-0.4, -0.2) is 5.01 Å². The fourth-order valence-corrected chi connectivity index (χ4v) is 3.15. The van der Waals surface area contributed by atoms with Crippen molar-refractivity contribution in [1.82, 2.24) is 5.01 Å². The molecule has 0 saturated heterocycles. The molecule has 0 fully saturated rings. The molecule has 2 aromatic carbocycles. The summed E-state index contributed by atoms with van der Waals surface area (Å²) in [4.78, 5) is 0. The molecular formula is C18H16N2. The van der Waals surface area contributed by atoms with Crippen molar-refractivity contribution in [1.29, 1.82) is 0 Å². The zero-order valence-electron chi connectivity index (χ0n) is 11.1. The molecule has 0 spiro atoms. The van der Waals surface area contributed by atoms with Gasteiger partial charge in [-0.15, -0.1) is 0 Å². The molecule has 2 aliphatic carbocycles. The second kappa shape index (κ2) is 4.44. The first-order chi connectivity index (χ1) is 9.84. The van der Waals surface area contributed by atoms with Crippen molar-refractivity contribution in [3.05, 3.63) is 82.9 Å². The van der Waals surface area contributed by atoms with Crippen LogP contribution in [-0.2, 0) is 0 Å². The van der Waals surface area contributed by atoms with Crippen LogP contribution in [0.5, 0.6) is 0 Å². The van der Waals surface area contributed by atoms with Crippen LogP contribution < -0.4 is 5.84 Å². The number of rotatable bonds is 2. The molecule has 2 N–H and O–H groups in total. The number of hydrogen-bond donors (Lipinski definition) is 1. The highest BCUT2D eigenvalue weighted by Gasteiger charge is 2.29. The Balaban J connectivity index is 1.69. The maximum absolute atomic E-state index is 6.44. The third-order valence-corrected chi connectivity index (χ3v) is 4.19. The van der Waals surface area contributed by atoms with Gasteiger partial charge in [0, 0.05) is 0 Å². The van der Waals surface area contributed by atoms with Crippen LogP contribution in [0.25, 0.3) is 12.2 Å². The van der Waals surface area contributed by atoms with Crippen LogP contribution >= 0.6 is 0 Å². The van der Waals surface area contributed by atoms with Crippen molar-refractivity contribution in [2.75, 3.05) is 0 Å². The predicted octanol–water partition coefficient (Wildman–Crippen LogP) is 3.70. The number of nitrogens with zero attached hydrogens (tertiary/aromatic N) is 1. The summed E-state index contributed by atoms with van der Waals surface area (Å²) in [6.45, 7) is 0. The Hall–Kier alpha value is -2.16. The zero-order valence-corrected chi connectivity index (χ0v) is 11.1. The second-order valence-corrected chi connectivity index (χ2v) is 5.31. The van der Waals surface area contributed by atoms with Crippen molar-refractivity contribution in [2.24, 2.45) is 5.84 Å². The number of hydrazine groups is 1. The topological polar surface area (TPSA) is 29.3 Å². The van der Waals surface area contributed by atoms with E-state index in [0.717, 1.165) is 0 Å². The summed E-state index contributed by atoms with van der Waals surface area (Å²) in [6.07, 6.45) is 8.67. The second-order valence-electron chi connectivity index (χ2n) is 5.31. The number of benzene rings is 2. The zero-order chi connectivity index (χ0) is 13.5. The molecule has 4 rings (SSSR count). The van der Waals surface area contributed by atoms with Gasteiger partial charge >= 0.3 is 0 Å². The number of hydrogen-bond acceptors (Lipinski definition) is 2. The van der Waals surface area contributed by atoms with E-state index in [4.69, 9.17) is 5.84 Å². The summed E-state index contributed by atoms with van der Waals surface area (Å²) >= 11 is 0. The van der Waals surface area contributed by atoms with Crippen LogP contribution in [0.3, 0.4) is 0 Å². The molecule has 2 aromatic rings. The van der Waals surface area contributed by atoms with Gasteiger partial charge in [0.05, 0.1) is 12.1 Å². The SMILES string of the molecule is NN(C1C=Cc2ccccc21)C1C=Cc2ccccc21. The maximum Gasteiger partial charge on any atom is 0.0690 e. The van der Waals surface area contributed by atoms with Crippen molar-refractivity contribution in [3.63, 3.8) is 0 Å². The Morgan fingerprint density at radius 2 is 1.15 bits per heavy atom. The van der Waals surface area contributed by atoms with Gasteiger partial charge in [-0.25, -0.2) is 5.01 Å². The molecule has 2 atom stereocenters. The smallest absolute Gasteiger partial charge is 0.0690 e. The van der Waals surface area contributed by atoms with E-state index in [1.54, 1.807) is 0 Å². The van der Waals surface area contributed by atoms with Gasteiger partial charge in [0.15, 0.2) is 0 Å². The van der Waals surface area contributed by atoms with Gasteiger partial charge in [-0.05, 0) is 22.3 Å². The number of fused-ring (bicyclic) bond motifs is 2. The van der Waals surface area contributed by atoms with Crippen LogP contribution in [0.2, 0.25) is 0 Å². The van der Waals surface area contributed by atoms with Gasteiger partial charge in [0.25, 0.3) is 0 Å². The Labute approximate surface area is 118 Å². The highest BCUT2D eigenvalue weighted by Crippen LogP contribution is 2.39. The van der Waals surface area contributed by atoms with E-state index in [0.29, 0.717) is 0 Å². The molecule has 0 amide bonds. The molecular weight excluding hydrogens is 244 g/mol. The molecule has 0 aliphatic heterocycles. The Kier molecular flexibility index (Phi) is 2.59. The Bertz CT molecular complexity index is 653. The van der Waals surface area contributed by atoms with Gasteiger partial charge in [0.1, 0.15) is 0 Å². The third-order valence-electron chi connectivity index (χ3n) is 4.19. The first-order valence-electron chi connectivity index (χ1n) is 6.92. The summed E-state index contributed by atoms with van der Waals surface area (Å²) in [6, 6.07) is 17.2. The summed E-state index contributed by atoms with van der Waals surface area (Å²) < 4.78 is 0. The van der Waals surface area contributed by atoms with Gasteiger partial charge < -0.3 is 0 Å². The fourth-order valence-electron chi connectivity index (χ4n) is 3.15. The minimum atomic E-state index is 0.145. The molecule has 98 valence electrons. The van der Waals surface area contributed by atoms with Crippen LogP contribution in [0, 0.1) is 0 Å². The molecule has 20 heavy (non-hydrogen) atoms. The van der Waals surface area contributed by atoms with Crippen LogP contribution in [0.1, 0.15) is 34.3 Å². The lowest BCUT2D eigenvalue weighted by Crippen LogP contribution is -2.36. The fraction of sp³-hybridized carbons (Fsp3) is 0.111. The summed E-state index contributed by atoms with van der Waals surface area (Å²) in [5.41, 5.74) is 5.10. The van der Waals surface area contributed by atoms with E-state index in [9.17, 15) is 0 Å². The lowest BCUT2D eigenvalue weighted by Gasteiger charge is -2.29. The molecule has 0 heterocycles. The first-order valence-corrected chi connectivity index (χ1v) is 6.92. The van der Waals surface area contributed by atoms with Crippen molar-refractivity contribution in [2.45, 2.75) is 12.1 Å². The lowest BCUT2D eigenvalue weighted by molar-refractivity contribution is 0.199. The summed E-state index contributed by atoms with van der Waals surface area (Å²) in [5.74, 6) is 6.44. The van der Waals surface area contributed by atoms with E-state index in [1.807, 2.05) is 5.01 Å². The van der Waals surface area contributed by atoms with Gasteiger partial charge in [0.2, 0.25) is 0 Å². The van der Waals surface area contributed by atoms with Gasteiger partial charge in [-0.3, -0.25) is 5.84 Å². The molecule has 0 radical (unpaired) electrons. The number of nitrogens with two attached hydrogens (primary N) is 1. The molecule has 2 unspecified atom stereocenters. The lowest BCUT2D eigenvalue weighted by atomic mass is 10.0. The monoisotopic (exact) mass is 260 g/mol. The molecule has 2 heteroatoms. The van der Waals surface area contributed by atoms with Crippen LogP contribution in [0.4, 0.5) is 0 Å². The molecule has 0 bridgehead atoms. The van der Waals surface area contributed by atoms with E-state index >= 15 is 0 Å². The van der Waals surface area contributed by atoms with Crippen molar-refractivity contribution < 1.29 is 0 Å². The normalized spacial score (nSPS) is 22.3. The first kappa shape index (κ1) is 11.6. The van der Waals surface area contributed by atoms with Crippen LogP contribution in [0.15, 0.2) is 60.7 Å². The van der Waals surface area contributed by atoms with E-state index in [1.165, 1.54) is 22.3 Å². The minimum Gasteiger partial charge on any atom is -0.267 e. The summed E-state index contributed by atoms with van der Waals surface area (Å²) in [7, 11) is 0. The quantitative estimate of drug-likeness (QED) is 0.659. The molecule has 0 saturated carbocycles. The standard InChI is InChI=1S/C18H16N2/c19-20(17-11-9-13-5-1-3-7-15(13)17)18-12-10-14-6-2-4-8-16(14)18/h1-12,17-18H,19H2. The highest BCUT2D eigenvalue weighted by molar-refractivity contribution is 5.64. The molecule has 2 nitrogen and oxygen atoms in total. The van der Waals surface area contributed by atoms with Gasteiger partial charge in [-0.2, -0.15) is 0 Å². The molecule has 2 aliphatic rings. The maximum atomic E-state index is 6.44. The minimum absolute atomic E-state index is 0.145. The van der Waals surface area contributed by atoms with E-state index in [2.05, 4.69) is 72.8 Å². The third kappa shape index (κ3) is 1.66. The Morgan fingerprint density at radius 3 is 1.65 bits per heavy atom. The average Bonchev–Trinajstić information content (AvgIpc) is 3.11. The largest absolute Gasteiger partial charge is 0.267 e.